The summed E-state index contributed by atoms with van der Waals surface area (Å²) in [6.45, 7) is 2.02. The first kappa shape index (κ1) is 22.8. The fraction of sp³-hybridized carbons (Fsp3) is 0.333. The second-order valence-corrected chi connectivity index (χ2v) is 8.94. The summed E-state index contributed by atoms with van der Waals surface area (Å²) in [6.07, 6.45) is 4.14. The van der Waals surface area contributed by atoms with Crippen molar-refractivity contribution >= 4 is 23.7 Å². The number of urea groups is 1. The molecule has 2 aromatic carbocycles. The van der Waals surface area contributed by atoms with Crippen LogP contribution in [0.4, 0.5) is 4.79 Å². The van der Waals surface area contributed by atoms with Crippen LogP contribution in [0.3, 0.4) is 0 Å². The van der Waals surface area contributed by atoms with Gasteiger partial charge < -0.3 is 10.1 Å². The molecule has 0 saturated heterocycles. The molecule has 2 N–H and O–H groups in total. The Morgan fingerprint density at radius 2 is 1.88 bits per heavy atom. The first-order valence-corrected chi connectivity index (χ1v) is 11.9. The number of hydrogen-bond acceptors (Lipinski definition) is 6. The van der Waals surface area contributed by atoms with E-state index in [4.69, 9.17) is 4.74 Å². The fourth-order valence-corrected chi connectivity index (χ4v) is 4.58. The van der Waals surface area contributed by atoms with Crippen LogP contribution in [0.5, 0.6) is 5.75 Å². The molecule has 9 heteroatoms. The van der Waals surface area contributed by atoms with Crippen LogP contribution in [0.25, 0.3) is 17.1 Å². The van der Waals surface area contributed by atoms with Crippen LogP contribution in [-0.2, 0) is 4.79 Å². The van der Waals surface area contributed by atoms with Gasteiger partial charge in [-0.3, -0.25) is 14.7 Å². The van der Waals surface area contributed by atoms with E-state index in [0.717, 1.165) is 42.5 Å². The second kappa shape index (κ2) is 10.5. The lowest BCUT2D eigenvalue weighted by atomic mass is 10.2. The molecule has 1 aliphatic rings. The number of hydrogen-bond donors (Lipinski definition) is 2. The molecule has 1 aliphatic carbocycles. The average molecular weight is 466 g/mol. The summed E-state index contributed by atoms with van der Waals surface area (Å²) in [5, 5.41) is 14.6. The van der Waals surface area contributed by atoms with E-state index in [0.29, 0.717) is 16.7 Å². The van der Waals surface area contributed by atoms with Crippen LogP contribution in [0.1, 0.15) is 31.2 Å². The predicted octanol–water partition coefficient (Wildman–Crippen LogP) is 4.11. The summed E-state index contributed by atoms with van der Waals surface area (Å²) >= 11 is 1.23. The molecule has 1 heterocycles. The quantitative estimate of drug-likeness (QED) is 0.510. The van der Waals surface area contributed by atoms with Gasteiger partial charge in [-0.25, -0.2) is 4.79 Å². The molecular formula is C24H27N5O3S. The van der Waals surface area contributed by atoms with Gasteiger partial charge in [-0.15, -0.1) is 10.2 Å². The number of benzene rings is 2. The van der Waals surface area contributed by atoms with Gasteiger partial charge in [0.15, 0.2) is 11.0 Å². The van der Waals surface area contributed by atoms with Crippen LogP contribution in [0, 0.1) is 6.92 Å². The van der Waals surface area contributed by atoms with Crippen molar-refractivity contribution in [3.8, 4) is 22.8 Å². The van der Waals surface area contributed by atoms with Crippen molar-refractivity contribution in [2.24, 2.45) is 0 Å². The molecule has 172 valence electrons. The average Bonchev–Trinajstić information content (AvgIpc) is 3.48. The Morgan fingerprint density at radius 3 is 2.61 bits per heavy atom. The maximum Gasteiger partial charge on any atom is 0.321 e. The van der Waals surface area contributed by atoms with Crippen molar-refractivity contribution in [3.63, 3.8) is 0 Å². The number of carbonyl (C=O) groups is 2. The summed E-state index contributed by atoms with van der Waals surface area (Å²) in [7, 11) is 1.62. The molecule has 8 nitrogen and oxygen atoms in total. The molecule has 4 rings (SSSR count). The molecule has 1 fully saturated rings. The van der Waals surface area contributed by atoms with Gasteiger partial charge in [-0.05, 0) is 44.0 Å². The maximum absolute atomic E-state index is 12.4. The lowest BCUT2D eigenvalue weighted by Crippen LogP contribution is -2.44. The monoisotopic (exact) mass is 465 g/mol. The van der Waals surface area contributed by atoms with Gasteiger partial charge in [0, 0.05) is 17.3 Å². The second-order valence-electron chi connectivity index (χ2n) is 8.00. The predicted molar refractivity (Wildman–Crippen MR) is 128 cm³/mol. The Kier molecular flexibility index (Phi) is 7.29. The number of carbonyl (C=O) groups excluding carboxylic acids is 2. The number of ether oxygens (including phenoxy) is 1. The van der Waals surface area contributed by atoms with Gasteiger partial charge >= 0.3 is 6.03 Å². The number of thioether (sulfide) groups is 1. The van der Waals surface area contributed by atoms with Gasteiger partial charge in [0.05, 0.1) is 12.9 Å². The Labute approximate surface area is 197 Å². The molecule has 33 heavy (non-hydrogen) atoms. The molecule has 0 spiro atoms. The molecule has 3 amide bonds. The maximum atomic E-state index is 12.4. The number of rotatable bonds is 7. The largest absolute Gasteiger partial charge is 0.497 e. The number of aromatic nitrogens is 3. The molecule has 0 radical (unpaired) electrons. The van der Waals surface area contributed by atoms with E-state index in [1.54, 1.807) is 7.11 Å². The number of nitrogens with zero attached hydrogens (tertiary/aromatic N) is 3. The molecule has 1 saturated carbocycles. The Morgan fingerprint density at radius 1 is 1.12 bits per heavy atom. The van der Waals surface area contributed by atoms with Crippen LogP contribution in [0.2, 0.25) is 0 Å². The minimum absolute atomic E-state index is 0.0419. The van der Waals surface area contributed by atoms with E-state index in [1.807, 2.05) is 60.0 Å². The minimum atomic E-state index is -0.440. The highest BCUT2D eigenvalue weighted by atomic mass is 32.2. The van der Waals surface area contributed by atoms with Crippen LogP contribution in [-0.4, -0.2) is 45.6 Å². The molecular weight excluding hydrogens is 438 g/mol. The number of imide groups is 1. The standard InChI is InChI=1S/C24H27N5O3S/c1-16-10-12-19(13-11-16)29-22(17-6-5-9-20(14-17)32-2)27-28-24(29)33-15-21(30)26-23(31)25-18-7-3-4-8-18/h5-6,9-14,18H,3-4,7-8,15H2,1-2H3,(H2,25,26,30,31). The van der Waals surface area contributed by atoms with E-state index in [-0.39, 0.29) is 17.7 Å². The van der Waals surface area contributed by atoms with E-state index in [1.165, 1.54) is 11.8 Å². The number of nitrogens with one attached hydrogen (secondary N) is 2. The van der Waals surface area contributed by atoms with E-state index in [2.05, 4.69) is 20.8 Å². The fourth-order valence-electron chi connectivity index (χ4n) is 3.82. The Balaban J connectivity index is 1.52. The van der Waals surface area contributed by atoms with Crippen LogP contribution >= 0.6 is 11.8 Å². The number of aryl methyl sites for hydroxylation is 1. The summed E-state index contributed by atoms with van der Waals surface area (Å²) in [6, 6.07) is 15.3. The first-order valence-electron chi connectivity index (χ1n) is 10.9. The van der Waals surface area contributed by atoms with E-state index >= 15 is 0 Å². The van der Waals surface area contributed by atoms with Gasteiger partial charge in [0.1, 0.15) is 5.75 Å². The molecule has 0 unspecified atom stereocenters. The SMILES string of the molecule is COc1cccc(-c2nnc(SCC(=O)NC(=O)NC3CCCC3)n2-c2ccc(C)cc2)c1. The van der Waals surface area contributed by atoms with Gasteiger partial charge in [-0.1, -0.05) is 54.4 Å². The highest BCUT2D eigenvalue weighted by Gasteiger charge is 2.20. The molecule has 0 bridgehead atoms. The normalized spacial score (nSPS) is 13.6. The summed E-state index contributed by atoms with van der Waals surface area (Å²) in [5.41, 5.74) is 2.86. The minimum Gasteiger partial charge on any atom is -0.497 e. The van der Waals surface area contributed by atoms with Crippen LogP contribution < -0.4 is 15.4 Å². The summed E-state index contributed by atoms with van der Waals surface area (Å²) in [5.74, 6) is 1.02. The van der Waals surface area contributed by atoms with Crippen molar-refractivity contribution in [2.75, 3.05) is 12.9 Å². The van der Waals surface area contributed by atoms with Crippen molar-refractivity contribution in [1.29, 1.82) is 0 Å². The third-order valence-corrected chi connectivity index (χ3v) is 6.46. The molecule has 1 aromatic heterocycles. The first-order chi connectivity index (χ1) is 16.0. The van der Waals surface area contributed by atoms with Crippen molar-refractivity contribution in [1.82, 2.24) is 25.4 Å². The number of methoxy groups -OCH3 is 1. The molecule has 3 aromatic rings. The van der Waals surface area contributed by atoms with Crippen molar-refractivity contribution in [3.05, 3.63) is 54.1 Å². The highest BCUT2D eigenvalue weighted by Crippen LogP contribution is 2.29. The zero-order chi connectivity index (χ0) is 23.2. The molecule has 0 atom stereocenters. The topological polar surface area (TPSA) is 98.1 Å². The zero-order valence-electron chi connectivity index (χ0n) is 18.7. The Bertz CT molecular complexity index is 1120. The highest BCUT2D eigenvalue weighted by molar-refractivity contribution is 7.99. The van der Waals surface area contributed by atoms with Gasteiger partial charge in [-0.2, -0.15) is 0 Å². The third-order valence-electron chi connectivity index (χ3n) is 5.53. The smallest absolute Gasteiger partial charge is 0.321 e. The summed E-state index contributed by atoms with van der Waals surface area (Å²) < 4.78 is 7.26. The van der Waals surface area contributed by atoms with E-state index < -0.39 is 6.03 Å². The van der Waals surface area contributed by atoms with Crippen molar-refractivity contribution in [2.45, 2.75) is 43.8 Å². The van der Waals surface area contributed by atoms with Gasteiger partial charge in [0.2, 0.25) is 5.91 Å². The van der Waals surface area contributed by atoms with Crippen molar-refractivity contribution < 1.29 is 14.3 Å². The van der Waals surface area contributed by atoms with E-state index in [9.17, 15) is 9.59 Å². The third kappa shape index (κ3) is 5.73. The van der Waals surface area contributed by atoms with Gasteiger partial charge in [0.25, 0.3) is 0 Å². The van der Waals surface area contributed by atoms with Crippen LogP contribution in [0.15, 0.2) is 53.7 Å². The lowest BCUT2D eigenvalue weighted by Gasteiger charge is -2.13. The molecule has 0 aliphatic heterocycles. The lowest BCUT2D eigenvalue weighted by molar-refractivity contribution is -0.117. The number of amides is 3. The summed E-state index contributed by atoms with van der Waals surface area (Å²) in [4.78, 5) is 24.5. The zero-order valence-corrected chi connectivity index (χ0v) is 19.5. The Hall–Kier alpha value is -3.33.